The van der Waals surface area contributed by atoms with Crippen molar-refractivity contribution in [2.75, 3.05) is 19.1 Å². The van der Waals surface area contributed by atoms with E-state index in [-0.39, 0.29) is 39.6 Å². The van der Waals surface area contributed by atoms with Crippen molar-refractivity contribution in [2.24, 2.45) is 0 Å². The maximum atomic E-state index is 13.1. The van der Waals surface area contributed by atoms with Crippen molar-refractivity contribution in [1.29, 1.82) is 0 Å². The summed E-state index contributed by atoms with van der Waals surface area (Å²) in [5, 5.41) is 14.3. The molecule has 4 aromatic carbocycles. The number of amides is 1. The molecule has 0 saturated carbocycles. The number of hydrogen-bond acceptors (Lipinski definition) is 13. The molecule has 10 unspecified atom stereocenters. The zero-order chi connectivity index (χ0) is 43.0. The van der Waals surface area contributed by atoms with Crippen molar-refractivity contribution >= 4 is 29.4 Å². The van der Waals surface area contributed by atoms with Crippen LogP contribution in [0.15, 0.2) is 121 Å². The number of carbonyl (C=O) groups is 3. The molecule has 0 radical (unpaired) electrons. The van der Waals surface area contributed by atoms with Gasteiger partial charge in [0.1, 0.15) is 42.4 Å². The topological polar surface area (TPSA) is 167 Å². The van der Waals surface area contributed by atoms with Gasteiger partial charge in [0, 0.05) is 13.8 Å². The minimum absolute atomic E-state index is 0.0573. The van der Waals surface area contributed by atoms with Crippen molar-refractivity contribution in [3.05, 3.63) is 144 Å². The maximum Gasteiger partial charge on any atom is 0.321 e. The van der Waals surface area contributed by atoms with E-state index in [1.165, 1.54) is 13.8 Å². The van der Waals surface area contributed by atoms with Crippen LogP contribution in [0.1, 0.15) is 36.1 Å². The second-order valence-electron chi connectivity index (χ2n) is 14.6. The summed E-state index contributed by atoms with van der Waals surface area (Å²) in [4.78, 5) is 38.7. The van der Waals surface area contributed by atoms with Gasteiger partial charge < -0.3 is 53.1 Å². The third-order valence-electron chi connectivity index (χ3n) is 9.95. The lowest BCUT2D eigenvalue weighted by Gasteiger charge is -2.49. The summed E-state index contributed by atoms with van der Waals surface area (Å²) in [6.45, 7) is 2.90. The van der Waals surface area contributed by atoms with Crippen LogP contribution < -0.4 is 5.32 Å². The summed E-state index contributed by atoms with van der Waals surface area (Å²) < 4.78 is 56.7. The third-order valence-corrected chi connectivity index (χ3v) is 10.2. The Bertz CT molecular complexity index is 1930. The molecule has 10 atom stereocenters. The van der Waals surface area contributed by atoms with Gasteiger partial charge in [0.25, 0.3) is 0 Å². The summed E-state index contributed by atoms with van der Waals surface area (Å²) in [5.74, 6) is -2.59. The van der Waals surface area contributed by atoms with E-state index in [0.717, 1.165) is 22.3 Å². The average molecular weight is 862 g/mol. The zero-order valence-corrected chi connectivity index (χ0v) is 34.8. The Morgan fingerprint density at radius 2 is 1.03 bits per heavy atom. The van der Waals surface area contributed by atoms with Crippen molar-refractivity contribution in [1.82, 2.24) is 5.32 Å². The van der Waals surface area contributed by atoms with Gasteiger partial charge in [-0.2, -0.15) is 0 Å². The zero-order valence-electron chi connectivity index (χ0n) is 34.0. The van der Waals surface area contributed by atoms with E-state index in [9.17, 15) is 19.5 Å². The Labute approximate surface area is 360 Å². The Morgan fingerprint density at radius 1 is 0.590 bits per heavy atom. The number of benzene rings is 4. The highest BCUT2D eigenvalue weighted by Gasteiger charge is 2.55. The molecule has 0 aliphatic carbocycles. The average Bonchev–Trinajstić information content (AvgIpc) is 3.26. The third kappa shape index (κ3) is 13.6. The van der Waals surface area contributed by atoms with Crippen LogP contribution in [0.3, 0.4) is 0 Å². The lowest BCUT2D eigenvalue weighted by Crippen LogP contribution is -2.69. The molecule has 4 aromatic rings. The molecule has 2 fully saturated rings. The molecule has 1 amide bonds. The number of rotatable bonds is 20. The standard InChI is InChI=1S/C46H52ClNO13/c1-30(49)48-39-42(40(55-26-34-19-11-5-12-20-34)36(58-45(39)52)28-53-24-32-15-7-3-8-16-32)61-46-44(57-31(2)50)43(60-38(51)23-47)41(56-27-35-21-13-6-14-22-35)37(59-46)29-54-25-33-17-9-4-10-18-33/h3-22,36-37,39-46,52H,23-29H2,1-2H3,(H,48,49). The summed E-state index contributed by atoms with van der Waals surface area (Å²) in [5.41, 5.74) is 3.43. The Hall–Kier alpha value is -4.74. The smallest absolute Gasteiger partial charge is 0.321 e. The van der Waals surface area contributed by atoms with E-state index in [4.69, 9.17) is 54.2 Å². The minimum Gasteiger partial charge on any atom is -0.454 e. The summed E-state index contributed by atoms with van der Waals surface area (Å²) >= 11 is 5.99. The molecule has 0 aromatic heterocycles. The molecule has 15 heteroatoms. The molecule has 0 spiro atoms. The number of esters is 2. The van der Waals surface area contributed by atoms with Gasteiger partial charge in [0.15, 0.2) is 24.8 Å². The molecule has 61 heavy (non-hydrogen) atoms. The number of carbonyl (C=O) groups excluding carboxylic acids is 3. The van der Waals surface area contributed by atoms with Crippen LogP contribution in [0.2, 0.25) is 0 Å². The van der Waals surface area contributed by atoms with Crippen LogP contribution in [-0.4, -0.2) is 103 Å². The first kappa shape index (κ1) is 45.8. The van der Waals surface area contributed by atoms with Gasteiger partial charge in [-0.25, -0.2) is 0 Å². The largest absolute Gasteiger partial charge is 0.454 e. The first-order valence-corrected chi connectivity index (χ1v) is 20.6. The van der Waals surface area contributed by atoms with E-state index >= 15 is 0 Å². The molecule has 326 valence electrons. The Morgan fingerprint density at radius 3 is 1.48 bits per heavy atom. The van der Waals surface area contributed by atoms with E-state index in [2.05, 4.69) is 5.32 Å². The fraction of sp³-hybridized carbons (Fsp3) is 0.413. The predicted octanol–water partition coefficient (Wildman–Crippen LogP) is 5.01. The van der Waals surface area contributed by atoms with Crippen LogP contribution >= 0.6 is 11.6 Å². The predicted molar refractivity (Wildman–Crippen MR) is 220 cm³/mol. The summed E-state index contributed by atoms with van der Waals surface area (Å²) in [6.07, 6.45) is -11.3. The SMILES string of the molecule is CC(=O)NC1C(O)OC(COCc2ccccc2)C(OCc2ccccc2)C1OC1OC(COCc2ccccc2)C(OCc2ccccc2)C(OC(=O)CCl)C1OC(C)=O. The van der Waals surface area contributed by atoms with Crippen molar-refractivity contribution in [3.63, 3.8) is 0 Å². The highest BCUT2D eigenvalue weighted by Crippen LogP contribution is 2.35. The number of aliphatic hydroxyl groups is 1. The number of nitrogens with one attached hydrogen (secondary N) is 1. The number of ether oxygens (including phenoxy) is 9. The lowest BCUT2D eigenvalue weighted by atomic mass is 9.94. The van der Waals surface area contributed by atoms with Crippen LogP contribution in [0.5, 0.6) is 0 Å². The van der Waals surface area contributed by atoms with Gasteiger partial charge in [0.05, 0.1) is 39.6 Å². The van der Waals surface area contributed by atoms with Crippen molar-refractivity contribution in [3.8, 4) is 0 Å². The van der Waals surface area contributed by atoms with Crippen LogP contribution in [0.4, 0.5) is 0 Å². The lowest BCUT2D eigenvalue weighted by molar-refractivity contribution is -0.351. The van der Waals surface area contributed by atoms with E-state index in [0.29, 0.717) is 0 Å². The first-order chi connectivity index (χ1) is 29.7. The number of aliphatic hydroxyl groups excluding tert-OH is 1. The molecule has 2 aliphatic heterocycles. The fourth-order valence-corrected chi connectivity index (χ4v) is 7.25. The second-order valence-corrected chi connectivity index (χ2v) is 14.9. The highest BCUT2D eigenvalue weighted by molar-refractivity contribution is 6.26. The second kappa shape index (κ2) is 23.5. The van der Waals surface area contributed by atoms with Gasteiger partial charge in [-0.05, 0) is 22.3 Å². The Kier molecular flexibility index (Phi) is 17.6. The molecule has 6 rings (SSSR count). The summed E-state index contributed by atoms with van der Waals surface area (Å²) in [7, 11) is 0. The molecular formula is C46H52ClNO13. The first-order valence-electron chi connectivity index (χ1n) is 20.1. The molecular weight excluding hydrogens is 810 g/mol. The molecule has 2 N–H and O–H groups in total. The Balaban J connectivity index is 1.36. The highest BCUT2D eigenvalue weighted by atomic mass is 35.5. The van der Waals surface area contributed by atoms with Gasteiger partial charge in [-0.1, -0.05) is 121 Å². The molecule has 14 nitrogen and oxygen atoms in total. The molecule has 2 saturated heterocycles. The van der Waals surface area contributed by atoms with Gasteiger partial charge >= 0.3 is 11.9 Å². The van der Waals surface area contributed by atoms with Crippen LogP contribution in [-0.2, 0) is 83.4 Å². The van der Waals surface area contributed by atoms with E-state index in [1.807, 2.05) is 121 Å². The van der Waals surface area contributed by atoms with Gasteiger partial charge in [0.2, 0.25) is 5.91 Å². The fourth-order valence-electron chi connectivity index (χ4n) is 7.19. The van der Waals surface area contributed by atoms with Gasteiger partial charge in [-0.15, -0.1) is 11.6 Å². The quantitative estimate of drug-likeness (QED) is 0.0901. The maximum absolute atomic E-state index is 13.1. The van der Waals surface area contributed by atoms with Crippen molar-refractivity contribution < 1.29 is 62.1 Å². The monoisotopic (exact) mass is 861 g/mol. The van der Waals surface area contributed by atoms with Gasteiger partial charge in [-0.3, -0.25) is 14.4 Å². The number of alkyl halides is 1. The van der Waals surface area contributed by atoms with Crippen LogP contribution in [0, 0.1) is 0 Å². The number of hydrogen-bond donors (Lipinski definition) is 2. The van der Waals surface area contributed by atoms with Crippen molar-refractivity contribution in [2.45, 2.75) is 102 Å². The minimum atomic E-state index is -1.62. The van der Waals surface area contributed by atoms with E-state index in [1.54, 1.807) is 0 Å². The molecule has 2 heterocycles. The molecule has 2 aliphatic rings. The number of halogens is 1. The van der Waals surface area contributed by atoms with E-state index < -0.39 is 85.1 Å². The normalized spacial score (nSPS) is 26.2. The van der Waals surface area contributed by atoms with Crippen LogP contribution in [0.25, 0.3) is 0 Å². The summed E-state index contributed by atoms with van der Waals surface area (Å²) in [6, 6.07) is 36.5. The molecule has 0 bridgehead atoms.